The number of anilines is 1. The summed E-state index contributed by atoms with van der Waals surface area (Å²) in [7, 11) is 0. The number of ether oxygens (including phenoxy) is 1. The Hall–Kier alpha value is -3.59. The quantitative estimate of drug-likeness (QED) is 0.355. The number of hydrogen-bond acceptors (Lipinski definition) is 5. The SMILES string of the molecule is CC1CCC(NC(=O)C(CNC(=O)CN)NC(=O)Nc2ccc(OCc3ccccc3)cc2)CC1. The van der Waals surface area contributed by atoms with Crippen molar-refractivity contribution in [3.8, 4) is 5.75 Å². The topological polar surface area (TPSA) is 135 Å². The van der Waals surface area contributed by atoms with Crippen molar-refractivity contribution in [3.63, 3.8) is 0 Å². The molecule has 1 saturated carbocycles. The predicted octanol–water partition coefficient (Wildman–Crippen LogP) is 2.53. The summed E-state index contributed by atoms with van der Waals surface area (Å²) in [4.78, 5) is 37.1. The van der Waals surface area contributed by atoms with Gasteiger partial charge in [-0.05, 0) is 61.4 Å². The molecule has 9 nitrogen and oxygen atoms in total. The largest absolute Gasteiger partial charge is 0.489 e. The van der Waals surface area contributed by atoms with Crippen molar-refractivity contribution in [2.45, 2.75) is 51.3 Å². The van der Waals surface area contributed by atoms with Gasteiger partial charge in [0.1, 0.15) is 18.4 Å². The van der Waals surface area contributed by atoms with Crippen LogP contribution in [0.25, 0.3) is 0 Å². The lowest BCUT2D eigenvalue weighted by atomic mass is 9.87. The van der Waals surface area contributed by atoms with Crippen LogP contribution in [-0.2, 0) is 16.2 Å². The van der Waals surface area contributed by atoms with Crippen LogP contribution in [0.3, 0.4) is 0 Å². The summed E-state index contributed by atoms with van der Waals surface area (Å²) in [6.07, 6.45) is 3.91. The van der Waals surface area contributed by atoms with E-state index in [1.54, 1.807) is 24.3 Å². The molecule has 4 amide bonds. The Bertz CT molecular complexity index is 959. The number of carbonyl (C=O) groups excluding carboxylic acids is 3. The maximum Gasteiger partial charge on any atom is 0.319 e. The van der Waals surface area contributed by atoms with Crippen LogP contribution < -0.4 is 31.7 Å². The molecule has 0 aromatic heterocycles. The highest BCUT2D eigenvalue weighted by Crippen LogP contribution is 2.23. The molecule has 0 saturated heterocycles. The predicted molar refractivity (Wildman–Crippen MR) is 135 cm³/mol. The fourth-order valence-corrected chi connectivity index (χ4v) is 3.90. The molecule has 0 spiro atoms. The summed E-state index contributed by atoms with van der Waals surface area (Å²) in [6, 6.07) is 15.4. The van der Waals surface area contributed by atoms with Gasteiger partial charge in [0, 0.05) is 18.3 Å². The maximum atomic E-state index is 12.9. The summed E-state index contributed by atoms with van der Waals surface area (Å²) >= 11 is 0. The van der Waals surface area contributed by atoms with E-state index >= 15 is 0 Å². The standard InChI is InChI=1S/C26H35N5O4/c1-18-7-9-20(10-8-18)29-25(33)23(16-28-24(32)15-27)31-26(34)30-21-11-13-22(14-12-21)35-17-19-5-3-2-4-6-19/h2-6,11-14,18,20,23H,7-10,15-17,27H2,1H3,(H,28,32)(H,29,33)(H2,30,31,34). The molecule has 35 heavy (non-hydrogen) atoms. The van der Waals surface area contributed by atoms with Crippen LogP contribution in [-0.4, -0.2) is 43.0 Å². The van der Waals surface area contributed by atoms with Crippen LogP contribution in [0.4, 0.5) is 10.5 Å². The number of rotatable bonds is 10. The Labute approximate surface area is 206 Å². The van der Waals surface area contributed by atoms with Gasteiger partial charge in [0.05, 0.1) is 6.54 Å². The number of urea groups is 1. The average Bonchev–Trinajstić information content (AvgIpc) is 2.87. The van der Waals surface area contributed by atoms with E-state index in [0.717, 1.165) is 31.2 Å². The summed E-state index contributed by atoms with van der Waals surface area (Å²) in [6.45, 7) is 2.40. The van der Waals surface area contributed by atoms with Crippen molar-refractivity contribution in [2.75, 3.05) is 18.4 Å². The molecule has 0 bridgehead atoms. The third kappa shape index (κ3) is 8.94. The lowest BCUT2D eigenvalue weighted by Gasteiger charge is -2.29. The van der Waals surface area contributed by atoms with Gasteiger partial charge in [-0.3, -0.25) is 9.59 Å². The zero-order valence-electron chi connectivity index (χ0n) is 20.1. The first-order chi connectivity index (χ1) is 16.9. The van der Waals surface area contributed by atoms with Crippen molar-refractivity contribution in [3.05, 3.63) is 60.2 Å². The molecule has 9 heteroatoms. The number of carbonyl (C=O) groups is 3. The minimum atomic E-state index is -0.932. The van der Waals surface area contributed by atoms with E-state index in [4.69, 9.17) is 10.5 Å². The van der Waals surface area contributed by atoms with Gasteiger partial charge in [-0.1, -0.05) is 37.3 Å². The number of nitrogens with one attached hydrogen (secondary N) is 4. The zero-order chi connectivity index (χ0) is 25.0. The molecule has 0 heterocycles. The van der Waals surface area contributed by atoms with Crippen LogP contribution in [0.1, 0.15) is 38.2 Å². The van der Waals surface area contributed by atoms with Crippen LogP contribution in [0.15, 0.2) is 54.6 Å². The maximum absolute atomic E-state index is 12.9. The molecule has 188 valence electrons. The fourth-order valence-electron chi connectivity index (χ4n) is 3.90. The van der Waals surface area contributed by atoms with E-state index in [-0.39, 0.29) is 25.0 Å². The number of amides is 4. The van der Waals surface area contributed by atoms with E-state index in [0.29, 0.717) is 24.0 Å². The number of nitrogens with two attached hydrogens (primary N) is 1. The van der Waals surface area contributed by atoms with Crippen molar-refractivity contribution in [1.82, 2.24) is 16.0 Å². The summed E-state index contributed by atoms with van der Waals surface area (Å²) < 4.78 is 5.76. The van der Waals surface area contributed by atoms with Crippen LogP contribution in [0.5, 0.6) is 5.75 Å². The number of hydrogen-bond donors (Lipinski definition) is 5. The second-order valence-corrected chi connectivity index (χ2v) is 8.92. The summed E-state index contributed by atoms with van der Waals surface area (Å²) in [5.74, 6) is 0.592. The van der Waals surface area contributed by atoms with Crippen LogP contribution in [0.2, 0.25) is 0 Å². The van der Waals surface area contributed by atoms with Crippen molar-refractivity contribution >= 4 is 23.5 Å². The van der Waals surface area contributed by atoms with Gasteiger partial charge in [0.2, 0.25) is 11.8 Å². The summed E-state index contributed by atoms with van der Waals surface area (Å²) in [5.41, 5.74) is 6.95. The molecule has 2 aromatic rings. The minimum Gasteiger partial charge on any atom is -0.489 e. The van der Waals surface area contributed by atoms with Gasteiger partial charge in [-0.2, -0.15) is 0 Å². The van der Waals surface area contributed by atoms with Crippen molar-refractivity contribution in [1.29, 1.82) is 0 Å². The average molecular weight is 482 g/mol. The molecular weight excluding hydrogens is 446 g/mol. The van der Waals surface area contributed by atoms with E-state index < -0.39 is 18.0 Å². The second-order valence-electron chi connectivity index (χ2n) is 8.92. The Morgan fingerprint density at radius 1 is 1.00 bits per heavy atom. The smallest absolute Gasteiger partial charge is 0.319 e. The third-order valence-corrected chi connectivity index (χ3v) is 6.03. The van der Waals surface area contributed by atoms with E-state index in [1.165, 1.54) is 0 Å². The molecule has 3 rings (SSSR count). The molecule has 1 aliphatic carbocycles. The van der Waals surface area contributed by atoms with Gasteiger partial charge >= 0.3 is 6.03 Å². The highest BCUT2D eigenvalue weighted by atomic mass is 16.5. The van der Waals surface area contributed by atoms with Gasteiger partial charge in [-0.25, -0.2) is 4.79 Å². The monoisotopic (exact) mass is 481 g/mol. The van der Waals surface area contributed by atoms with Crippen molar-refractivity contribution < 1.29 is 19.1 Å². The zero-order valence-corrected chi connectivity index (χ0v) is 20.1. The number of benzene rings is 2. The molecular formula is C26H35N5O4. The first kappa shape index (κ1) is 26.0. The molecule has 6 N–H and O–H groups in total. The van der Waals surface area contributed by atoms with Crippen LogP contribution >= 0.6 is 0 Å². The summed E-state index contributed by atoms with van der Waals surface area (Å²) in [5, 5.41) is 11.0. The van der Waals surface area contributed by atoms with E-state index in [1.807, 2.05) is 30.3 Å². The Balaban J connectivity index is 1.52. The molecule has 0 radical (unpaired) electrons. The molecule has 1 unspecified atom stereocenters. The highest BCUT2D eigenvalue weighted by Gasteiger charge is 2.26. The van der Waals surface area contributed by atoms with E-state index in [2.05, 4.69) is 28.2 Å². The fraction of sp³-hybridized carbons (Fsp3) is 0.423. The molecule has 2 aromatic carbocycles. The minimum absolute atomic E-state index is 0.0509. The van der Waals surface area contributed by atoms with Gasteiger partial charge in [0.15, 0.2) is 0 Å². The Morgan fingerprint density at radius 2 is 1.69 bits per heavy atom. The van der Waals surface area contributed by atoms with E-state index in [9.17, 15) is 14.4 Å². The normalized spacial score (nSPS) is 18.1. The van der Waals surface area contributed by atoms with Gasteiger partial charge < -0.3 is 31.7 Å². The Kier molecular flexibility index (Phi) is 9.92. The molecule has 0 aliphatic heterocycles. The molecule has 1 atom stereocenters. The third-order valence-electron chi connectivity index (χ3n) is 6.03. The first-order valence-corrected chi connectivity index (χ1v) is 12.0. The molecule has 1 fully saturated rings. The highest BCUT2D eigenvalue weighted by molar-refractivity contribution is 5.94. The first-order valence-electron chi connectivity index (χ1n) is 12.0. The van der Waals surface area contributed by atoms with Gasteiger partial charge in [-0.15, -0.1) is 0 Å². The lowest BCUT2D eigenvalue weighted by molar-refractivity contribution is -0.124. The molecule has 1 aliphatic rings. The van der Waals surface area contributed by atoms with Crippen LogP contribution in [0, 0.1) is 5.92 Å². The van der Waals surface area contributed by atoms with Gasteiger partial charge in [0.25, 0.3) is 0 Å². The Morgan fingerprint density at radius 3 is 2.34 bits per heavy atom. The lowest BCUT2D eigenvalue weighted by Crippen LogP contribution is -2.56. The van der Waals surface area contributed by atoms with Crippen molar-refractivity contribution in [2.24, 2.45) is 11.7 Å². The second kappa shape index (κ2) is 13.3.